The Morgan fingerprint density at radius 3 is 2.71 bits per heavy atom. The first-order valence-electron chi connectivity index (χ1n) is 6.09. The summed E-state index contributed by atoms with van der Waals surface area (Å²) in [4.78, 5) is 2.68. The summed E-state index contributed by atoms with van der Waals surface area (Å²) in [7, 11) is 0. The Labute approximate surface area is 89.1 Å². The molecule has 1 rings (SSSR count). The molecule has 0 saturated carbocycles. The molecule has 2 unspecified atom stereocenters. The minimum atomic E-state index is 0.775. The van der Waals surface area contributed by atoms with Crippen molar-refractivity contribution in [2.75, 3.05) is 26.2 Å². The minimum Gasteiger partial charge on any atom is -0.315 e. The van der Waals surface area contributed by atoms with Gasteiger partial charge in [0, 0.05) is 25.7 Å². The van der Waals surface area contributed by atoms with Gasteiger partial charge in [0.2, 0.25) is 0 Å². The second kappa shape index (κ2) is 5.72. The molecule has 0 amide bonds. The van der Waals surface area contributed by atoms with Crippen molar-refractivity contribution >= 4 is 0 Å². The number of nitrogens with zero attached hydrogens (tertiary/aromatic N) is 1. The van der Waals surface area contributed by atoms with Gasteiger partial charge in [0.25, 0.3) is 0 Å². The molecule has 14 heavy (non-hydrogen) atoms. The molecule has 0 aliphatic carbocycles. The van der Waals surface area contributed by atoms with Crippen LogP contribution < -0.4 is 5.32 Å². The van der Waals surface area contributed by atoms with Gasteiger partial charge in [-0.15, -0.1) is 0 Å². The van der Waals surface area contributed by atoms with Gasteiger partial charge in [0.15, 0.2) is 0 Å². The molecule has 2 atom stereocenters. The molecule has 1 fully saturated rings. The summed E-state index contributed by atoms with van der Waals surface area (Å²) in [6, 6.07) is 0.775. The molecule has 84 valence electrons. The highest BCUT2D eigenvalue weighted by Crippen LogP contribution is 2.16. The van der Waals surface area contributed by atoms with Crippen molar-refractivity contribution < 1.29 is 0 Å². The normalized spacial score (nSPS) is 27.6. The van der Waals surface area contributed by atoms with Crippen LogP contribution in [0, 0.1) is 11.8 Å². The molecule has 1 N–H and O–H groups in total. The quantitative estimate of drug-likeness (QED) is 0.746. The van der Waals surface area contributed by atoms with E-state index < -0.39 is 0 Å². The van der Waals surface area contributed by atoms with Crippen LogP contribution in [0.3, 0.4) is 0 Å². The van der Waals surface area contributed by atoms with E-state index >= 15 is 0 Å². The maximum atomic E-state index is 3.50. The molecule has 0 radical (unpaired) electrons. The molecule has 0 bridgehead atoms. The molecule has 0 aromatic carbocycles. The molecule has 0 aromatic rings. The number of hydrogen-bond acceptors (Lipinski definition) is 2. The average molecular weight is 198 g/mol. The van der Waals surface area contributed by atoms with E-state index in [9.17, 15) is 0 Å². The summed E-state index contributed by atoms with van der Waals surface area (Å²) in [6.07, 6.45) is 1.28. The Morgan fingerprint density at radius 2 is 2.14 bits per heavy atom. The minimum absolute atomic E-state index is 0.775. The van der Waals surface area contributed by atoms with Gasteiger partial charge in [0.1, 0.15) is 0 Å². The predicted molar refractivity (Wildman–Crippen MR) is 62.5 cm³/mol. The van der Waals surface area contributed by atoms with E-state index in [4.69, 9.17) is 0 Å². The summed E-state index contributed by atoms with van der Waals surface area (Å²) in [5, 5.41) is 3.50. The second-order valence-electron chi connectivity index (χ2n) is 5.02. The van der Waals surface area contributed by atoms with Gasteiger partial charge in [-0.2, -0.15) is 0 Å². The summed E-state index contributed by atoms with van der Waals surface area (Å²) < 4.78 is 0. The van der Waals surface area contributed by atoms with Crippen molar-refractivity contribution in [3.63, 3.8) is 0 Å². The van der Waals surface area contributed by atoms with Crippen molar-refractivity contribution in [2.45, 2.75) is 40.2 Å². The van der Waals surface area contributed by atoms with E-state index in [2.05, 4.69) is 37.9 Å². The third-order valence-corrected chi connectivity index (χ3v) is 3.27. The van der Waals surface area contributed by atoms with Gasteiger partial charge < -0.3 is 5.32 Å². The lowest BCUT2D eigenvalue weighted by atomic mass is 9.99. The van der Waals surface area contributed by atoms with Crippen LogP contribution in [0.2, 0.25) is 0 Å². The van der Waals surface area contributed by atoms with Crippen molar-refractivity contribution in [3.8, 4) is 0 Å². The fourth-order valence-corrected chi connectivity index (χ4v) is 2.58. The van der Waals surface area contributed by atoms with Gasteiger partial charge in [-0.05, 0) is 24.8 Å². The maximum Gasteiger partial charge on any atom is 0.0116 e. The van der Waals surface area contributed by atoms with Crippen molar-refractivity contribution in [2.24, 2.45) is 11.8 Å². The van der Waals surface area contributed by atoms with E-state index in [0.29, 0.717) is 0 Å². The van der Waals surface area contributed by atoms with Crippen molar-refractivity contribution in [3.05, 3.63) is 0 Å². The molecule has 1 aliphatic heterocycles. The summed E-state index contributed by atoms with van der Waals surface area (Å²) >= 11 is 0. The molecule has 0 aromatic heterocycles. The highest BCUT2D eigenvalue weighted by Gasteiger charge is 2.23. The topological polar surface area (TPSA) is 15.3 Å². The van der Waals surface area contributed by atoms with Crippen molar-refractivity contribution in [1.82, 2.24) is 10.2 Å². The number of nitrogens with one attached hydrogen (secondary N) is 1. The van der Waals surface area contributed by atoms with Gasteiger partial charge in [-0.3, -0.25) is 4.90 Å². The molecule has 0 spiro atoms. The molecule has 1 aliphatic rings. The van der Waals surface area contributed by atoms with Crippen LogP contribution in [0.5, 0.6) is 0 Å². The van der Waals surface area contributed by atoms with E-state index in [-0.39, 0.29) is 0 Å². The van der Waals surface area contributed by atoms with Crippen LogP contribution >= 0.6 is 0 Å². The zero-order chi connectivity index (χ0) is 10.6. The van der Waals surface area contributed by atoms with Crippen LogP contribution in [0.1, 0.15) is 34.1 Å². The lowest BCUT2D eigenvalue weighted by molar-refractivity contribution is 0.145. The van der Waals surface area contributed by atoms with Crippen LogP contribution in [0.15, 0.2) is 0 Å². The standard InChI is InChI=1S/C12H26N2/c1-5-12(10(2)3)14-7-6-13-8-11(4)9-14/h10-13H,5-9H2,1-4H3. The Kier molecular flexibility index (Phi) is 4.90. The lowest BCUT2D eigenvalue weighted by Gasteiger charge is -2.33. The Morgan fingerprint density at radius 1 is 1.43 bits per heavy atom. The lowest BCUT2D eigenvalue weighted by Crippen LogP contribution is -2.41. The first kappa shape index (κ1) is 12.0. The van der Waals surface area contributed by atoms with Crippen LogP contribution in [0.25, 0.3) is 0 Å². The average Bonchev–Trinajstić information content (AvgIpc) is 2.31. The monoisotopic (exact) mass is 198 g/mol. The molecular weight excluding hydrogens is 172 g/mol. The third-order valence-electron chi connectivity index (χ3n) is 3.27. The molecule has 1 saturated heterocycles. The Hall–Kier alpha value is -0.0800. The van der Waals surface area contributed by atoms with E-state index in [1.807, 2.05) is 0 Å². The van der Waals surface area contributed by atoms with Gasteiger partial charge in [-0.1, -0.05) is 27.7 Å². The Balaban J connectivity index is 2.54. The van der Waals surface area contributed by atoms with Crippen LogP contribution in [-0.2, 0) is 0 Å². The fourth-order valence-electron chi connectivity index (χ4n) is 2.58. The number of hydrogen-bond donors (Lipinski definition) is 1. The maximum absolute atomic E-state index is 3.50. The predicted octanol–water partition coefficient (Wildman–Crippen LogP) is 1.96. The molecule has 1 heterocycles. The smallest absolute Gasteiger partial charge is 0.0116 e. The van der Waals surface area contributed by atoms with E-state index in [1.54, 1.807) is 0 Å². The van der Waals surface area contributed by atoms with Gasteiger partial charge in [0.05, 0.1) is 0 Å². The Bertz CT molecular complexity index is 156. The van der Waals surface area contributed by atoms with Crippen LogP contribution in [0.4, 0.5) is 0 Å². The summed E-state index contributed by atoms with van der Waals surface area (Å²) in [5.74, 6) is 1.58. The molecule has 2 nitrogen and oxygen atoms in total. The first-order valence-corrected chi connectivity index (χ1v) is 6.09. The van der Waals surface area contributed by atoms with Gasteiger partial charge in [-0.25, -0.2) is 0 Å². The summed E-state index contributed by atoms with van der Waals surface area (Å²) in [6.45, 7) is 14.2. The second-order valence-corrected chi connectivity index (χ2v) is 5.02. The SMILES string of the molecule is CCC(C(C)C)N1CCNCC(C)C1. The molecular formula is C12H26N2. The zero-order valence-electron chi connectivity index (χ0n) is 10.2. The van der Waals surface area contributed by atoms with E-state index in [1.165, 1.54) is 26.1 Å². The fraction of sp³-hybridized carbons (Fsp3) is 1.00. The number of rotatable bonds is 3. The first-order chi connectivity index (χ1) is 6.65. The zero-order valence-corrected chi connectivity index (χ0v) is 10.2. The van der Waals surface area contributed by atoms with Crippen molar-refractivity contribution in [1.29, 1.82) is 0 Å². The van der Waals surface area contributed by atoms with E-state index in [0.717, 1.165) is 24.4 Å². The largest absolute Gasteiger partial charge is 0.315 e. The highest BCUT2D eigenvalue weighted by molar-refractivity contribution is 4.78. The van der Waals surface area contributed by atoms with Crippen LogP contribution in [-0.4, -0.2) is 37.1 Å². The highest BCUT2D eigenvalue weighted by atomic mass is 15.2. The van der Waals surface area contributed by atoms with Gasteiger partial charge >= 0.3 is 0 Å². The summed E-state index contributed by atoms with van der Waals surface area (Å²) in [5.41, 5.74) is 0. The third kappa shape index (κ3) is 3.25. The molecule has 2 heteroatoms.